The van der Waals surface area contributed by atoms with Crippen molar-refractivity contribution in [3.8, 4) is 0 Å². The van der Waals surface area contributed by atoms with Crippen LogP contribution >= 0.6 is 0 Å². The zero-order valence-electron chi connectivity index (χ0n) is 8.48. The first-order valence-electron chi connectivity index (χ1n) is 4.21. The Morgan fingerprint density at radius 2 is 2.07 bits per heavy atom. The Kier molecular flexibility index (Phi) is 5.29. The molecule has 0 amide bonds. The molecular formula is C10H14O4. The van der Waals surface area contributed by atoms with Crippen molar-refractivity contribution in [1.29, 1.82) is 0 Å². The summed E-state index contributed by atoms with van der Waals surface area (Å²) in [7, 11) is 0. The molecule has 0 radical (unpaired) electrons. The molecule has 0 saturated heterocycles. The van der Waals surface area contributed by atoms with Crippen LogP contribution in [-0.4, -0.2) is 17.4 Å². The fraction of sp³-hybridized carbons (Fsp3) is 0.400. The third-order valence-corrected chi connectivity index (χ3v) is 1.56. The Bertz CT molecular complexity index is 301. The minimum atomic E-state index is -0.862. The van der Waals surface area contributed by atoms with E-state index in [0.29, 0.717) is 5.76 Å². The largest absolute Gasteiger partial charge is 0.481 e. The molecule has 0 aliphatic heterocycles. The van der Waals surface area contributed by atoms with Crippen molar-refractivity contribution < 1.29 is 19.1 Å². The summed E-state index contributed by atoms with van der Waals surface area (Å²) < 4.78 is 5.13. The monoisotopic (exact) mass is 198 g/mol. The van der Waals surface area contributed by atoms with Gasteiger partial charge in [-0.2, -0.15) is 0 Å². The summed E-state index contributed by atoms with van der Waals surface area (Å²) >= 11 is 0. The third kappa shape index (κ3) is 3.89. The third-order valence-electron chi connectivity index (χ3n) is 1.56. The van der Waals surface area contributed by atoms with Crippen LogP contribution in [0.4, 0.5) is 0 Å². The number of carboxylic acids is 1. The number of furan rings is 1. The van der Waals surface area contributed by atoms with Gasteiger partial charge in [0.2, 0.25) is 0 Å². The van der Waals surface area contributed by atoms with E-state index in [-0.39, 0.29) is 0 Å². The molecule has 4 heteroatoms. The Morgan fingerprint density at radius 1 is 1.57 bits per heavy atom. The van der Waals surface area contributed by atoms with Crippen molar-refractivity contribution >= 4 is 12.3 Å². The van der Waals surface area contributed by atoms with Crippen LogP contribution in [0.1, 0.15) is 31.3 Å². The van der Waals surface area contributed by atoms with Crippen LogP contribution in [0.3, 0.4) is 0 Å². The number of aliphatic carboxylic acids is 1. The normalized spacial score (nSPS) is 11.1. The van der Waals surface area contributed by atoms with Crippen LogP contribution in [0.2, 0.25) is 0 Å². The topological polar surface area (TPSA) is 67.5 Å². The number of hydrogen-bond acceptors (Lipinski definition) is 3. The molecule has 78 valence electrons. The molecule has 1 unspecified atom stereocenters. The molecule has 0 bridgehead atoms. The molecule has 0 saturated carbocycles. The second-order valence-corrected chi connectivity index (χ2v) is 2.74. The van der Waals surface area contributed by atoms with Crippen molar-refractivity contribution in [3.05, 3.63) is 23.7 Å². The van der Waals surface area contributed by atoms with Crippen molar-refractivity contribution in [3.63, 3.8) is 0 Å². The summed E-state index contributed by atoms with van der Waals surface area (Å²) in [6.45, 7) is 4.83. The maximum absolute atomic E-state index is 10.4. The van der Waals surface area contributed by atoms with Gasteiger partial charge in [0.15, 0.2) is 0 Å². The molecule has 14 heavy (non-hydrogen) atoms. The van der Waals surface area contributed by atoms with Gasteiger partial charge in [-0.05, 0) is 32.9 Å². The number of carbonyl (C=O) groups is 2. The molecule has 0 spiro atoms. The number of aryl methyl sites for hydroxylation is 1. The smallest absolute Gasteiger partial charge is 0.313 e. The van der Waals surface area contributed by atoms with E-state index in [9.17, 15) is 4.79 Å². The summed E-state index contributed by atoms with van der Waals surface area (Å²) in [4.78, 5) is 19.3. The molecule has 1 aromatic heterocycles. The van der Waals surface area contributed by atoms with Gasteiger partial charge in [-0.25, -0.2) is 0 Å². The van der Waals surface area contributed by atoms with E-state index in [4.69, 9.17) is 14.3 Å². The van der Waals surface area contributed by atoms with Gasteiger partial charge in [-0.3, -0.25) is 4.79 Å². The quantitative estimate of drug-likeness (QED) is 0.738. The van der Waals surface area contributed by atoms with E-state index in [1.54, 1.807) is 26.0 Å². The average Bonchev–Trinajstić information content (AvgIpc) is 2.51. The maximum Gasteiger partial charge on any atom is 0.313 e. The van der Waals surface area contributed by atoms with E-state index in [1.165, 1.54) is 6.92 Å². The first kappa shape index (κ1) is 12.4. The highest BCUT2D eigenvalue weighted by molar-refractivity contribution is 5.74. The van der Waals surface area contributed by atoms with Gasteiger partial charge in [0.05, 0.1) is 0 Å². The van der Waals surface area contributed by atoms with Gasteiger partial charge in [0, 0.05) is 0 Å². The zero-order valence-corrected chi connectivity index (χ0v) is 8.48. The van der Waals surface area contributed by atoms with E-state index in [1.807, 2.05) is 0 Å². The van der Waals surface area contributed by atoms with Crippen LogP contribution < -0.4 is 0 Å². The zero-order chi connectivity index (χ0) is 11.1. The van der Waals surface area contributed by atoms with E-state index >= 15 is 0 Å². The van der Waals surface area contributed by atoms with Gasteiger partial charge in [-0.1, -0.05) is 0 Å². The molecule has 1 aromatic rings. The lowest BCUT2D eigenvalue weighted by Crippen LogP contribution is -2.05. The predicted octanol–water partition coefficient (Wildman–Crippen LogP) is 1.98. The molecule has 0 aromatic carbocycles. The lowest BCUT2D eigenvalue weighted by Gasteiger charge is -1.99. The standard InChI is InChI=1S/C8H10O3.C2H4O/c1-5-3-4-7(11-5)6(2)8(9)10;1-2-3/h3-4,6H,1-2H3,(H,9,10);2H,1H3. The molecule has 1 N–H and O–H groups in total. The minimum Gasteiger partial charge on any atom is -0.481 e. The van der Waals surface area contributed by atoms with Gasteiger partial charge in [0.1, 0.15) is 23.7 Å². The molecule has 1 rings (SSSR count). The van der Waals surface area contributed by atoms with E-state index < -0.39 is 11.9 Å². The fourth-order valence-electron chi connectivity index (χ4n) is 0.808. The van der Waals surface area contributed by atoms with E-state index in [2.05, 4.69) is 0 Å². The molecule has 1 heterocycles. The fourth-order valence-corrected chi connectivity index (χ4v) is 0.808. The van der Waals surface area contributed by atoms with Gasteiger partial charge in [-0.15, -0.1) is 0 Å². The molecule has 0 fully saturated rings. The van der Waals surface area contributed by atoms with Crippen LogP contribution in [0, 0.1) is 6.92 Å². The first-order chi connectivity index (χ1) is 6.52. The average molecular weight is 198 g/mol. The number of carboxylic acid groups (broad SMARTS) is 1. The summed E-state index contributed by atoms with van der Waals surface area (Å²) in [6, 6.07) is 3.45. The SMILES string of the molecule is CC=O.Cc1ccc(C(C)C(=O)O)o1. The Hall–Kier alpha value is -1.58. The summed E-state index contributed by atoms with van der Waals surface area (Å²) in [6.07, 6.45) is 0.750. The second-order valence-electron chi connectivity index (χ2n) is 2.74. The Morgan fingerprint density at radius 3 is 2.36 bits per heavy atom. The van der Waals surface area contributed by atoms with Crippen molar-refractivity contribution in [2.24, 2.45) is 0 Å². The summed E-state index contributed by atoms with van der Waals surface area (Å²) in [5.74, 6) is -0.161. The number of rotatable bonds is 2. The van der Waals surface area contributed by atoms with Crippen LogP contribution in [0.15, 0.2) is 16.5 Å². The van der Waals surface area contributed by atoms with Crippen LogP contribution in [-0.2, 0) is 9.59 Å². The van der Waals surface area contributed by atoms with Crippen molar-refractivity contribution in [1.82, 2.24) is 0 Å². The molecule has 0 aliphatic carbocycles. The lowest BCUT2D eigenvalue weighted by atomic mass is 10.1. The van der Waals surface area contributed by atoms with E-state index in [0.717, 1.165) is 12.0 Å². The van der Waals surface area contributed by atoms with Crippen LogP contribution in [0.25, 0.3) is 0 Å². The summed E-state index contributed by atoms with van der Waals surface area (Å²) in [5, 5.41) is 8.58. The molecule has 4 nitrogen and oxygen atoms in total. The Balaban J connectivity index is 0.000000500. The maximum atomic E-state index is 10.4. The van der Waals surface area contributed by atoms with Crippen LogP contribution in [0.5, 0.6) is 0 Å². The van der Waals surface area contributed by atoms with Gasteiger partial charge < -0.3 is 14.3 Å². The molecule has 0 aliphatic rings. The summed E-state index contributed by atoms with van der Waals surface area (Å²) in [5.41, 5.74) is 0. The highest BCUT2D eigenvalue weighted by Gasteiger charge is 2.16. The number of hydrogen-bond donors (Lipinski definition) is 1. The second kappa shape index (κ2) is 5.96. The Labute approximate surface area is 82.5 Å². The molecular weight excluding hydrogens is 184 g/mol. The predicted molar refractivity (Wildman–Crippen MR) is 51.2 cm³/mol. The van der Waals surface area contributed by atoms with Gasteiger partial charge in [0.25, 0.3) is 0 Å². The highest BCUT2D eigenvalue weighted by Crippen LogP contribution is 2.17. The highest BCUT2D eigenvalue weighted by atomic mass is 16.4. The number of carbonyl (C=O) groups excluding carboxylic acids is 1. The number of aldehydes is 1. The van der Waals surface area contributed by atoms with Gasteiger partial charge >= 0.3 is 5.97 Å². The lowest BCUT2D eigenvalue weighted by molar-refractivity contribution is -0.138. The molecule has 1 atom stereocenters. The van der Waals surface area contributed by atoms with Crippen molar-refractivity contribution in [2.75, 3.05) is 0 Å². The van der Waals surface area contributed by atoms with Crippen molar-refractivity contribution in [2.45, 2.75) is 26.7 Å². The first-order valence-corrected chi connectivity index (χ1v) is 4.21. The minimum absolute atomic E-state index is 0.509.